The van der Waals surface area contributed by atoms with Crippen molar-refractivity contribution in [2.75, 3.05) is 25.2 Å². The van der Waals surface area contributed by atoms with Crippen LogP contribution in [0, 0.1) is 0 Å². The van der Waals surface area contributed by atoms with Gasteiger partial charge in [0.05, 0.1) is 18.2 Å². The molecule has 19 heavy (non-hydrogen) atoms. The molecule has 5 nitrogen and oxygen atoms in total. The predicted molar refractivity (Wildman–Crippen MR) is 74.9 cm³/mol. The maximum absolute atomic E-state index is 11.2. The average molecular weight is 266 g/mol. The molecule has 0 aliphatic rings. The van der Waals surface area contributed by atoms with E-state index in [1.54, 1.807) is 19.2 Å². The standard InChI is InChI=1S/C14H22N2O3/c1-5-12-7-11(14(17)18)8-13(15-12)16(6-2)10(3)9-19-4/h7-8,10H,5-6,9H2,1-4H3,(H,17,18). The number of rotatable bonds is 7. The first-order valence-electron chi connectivity index (χ1n) is 6.53. The quantitative estimate of drug-likeness (QED) is 0.819. The largest absolute Gasteiger partial charge is 0.478 e. The molecule has 0 fully saturated rings. The lowest BCUT2D eigenvalue weighted by Crippen LogP contribution is -2.37. The van der Waals surface area contributed by atoms with E-state index in [9.17, 15) is 4.79 Å². The zero-order valence-electron chi connectivity index (χ0n) is 12.0. The number of nitrogens with zero attached hydrogens (tertiary/aromatic N) is 2. The molecule has 106 valence electrons. The Morgan fingerprint density at radius 3 is 2.63 bits per heavy atom. The minimum absolute atomic E-state index is 0.149. The topological polar surface area (TPSA) is 62.7 Å². The van der Waals surface area contributed by atoms with Crippen molar-refractivity contribution in [3.63, 3.8) is 0 Å². The molecular formula is C14H22N2O3. The molecule has 0 radical (unpaired) electrons. The van der Waals surface area contributed by atoms with Crippen LogP contribution in [0.25, 0.3) is 0 Å². The molecule has 0 spiro atoms. The van der Waals surface area contributed by atoms with Crippen LogP contribution >= 0.6 is 0 Å². The van der Waals surface area contributed by atoms with Crippen molar-refractivity contribution in [2.45, 2.75) is 33.2 Å². The number of aromatic nitrogens is 1. The number of ether oxygens (including phenoxy) is 1. The first-order valence-corrected chi connectivity index (χ1v) is 6.53. The van der Waals surface area contributed by atoms with Crippen molar-refractivity contribution in [3.8, 4) is 0 Å². The molecular weight excluding hydrogens is 244 g/mol. The summed E-state index contributed by atoms with van der Waals surface area (Å²) in [4.78, 5) is 17.7. The summed E-state index contributed by atoms with van der Waals surface area (Å²) in [5, 5.41) is 9.15. The first kappa shape index (κ1) is 15.4. The van der Waals surface area contributed by atoms with Crippen molar-refractivity contribution >= 4 is 11.8 Å². The number of likely N-dealkylation sites (N-methyl/N-ethyl adjacent to an activating group) is 1. The molecule has 1 N–H and O–H groups in total. The van der Waals surface area contributed by atoms with Gasteiger partial charge in [-0.15, -0.1) is 0 Å². The van der Waals surface area contributed by atoms with Crippen molar-refractivity contribution < 1.29 is 14.6 Å². The van der Waals surface area contributed by atoms with E-state index in [1.807, 2.05) is 20.8 Å². The van der Waals surface area contributed by atoms with E-state index in [2.05, 4.69) is 9.88 Å². The molecule has 1 atom stereocenters. The van der Waals surface area contributed by atoms with Gasteiger partial charge in [-0.2, -0.15) is 0 Å². The highest BCUT2D eigenvalue weighted by Crippen LogP contribution is 2.18. The van der Waals surface area contributed by atoms with Gasteiger partial charge in [-0.3, -0.25) is 0 Å². The van der Waals surface area contributed by atoms with Crippen LogP contribution in [0.4, 0.5) is 5.82 Å². The van der Waals surface area contributed by atoms with Crippen LogP contribution in [-0.4, -0.2) is 42.4 Å². The van der Waals surface area contributed by atoms with E-state index in [1.165, 1.54) is 0 Å². The summed E-state index contributed by atoms with van der Waals surface area (Å²) in [5.41, 5.74) is 1.07. The van der Waals surface area contributed by atoms with Gasteiger partial charge in [-0.25, -0.2) is 9.78 Å². The number of hydrogen-bond donors (Lipinski definition) is 1. The lowest BCUT2D eigenvalue weighted by atomic mass is 10.1. The third-order valence-electron chi connectivity index (χ3n) is 3.05. The number of pyridine rings is 1. The maximum atomic E-state index is 11.2. The summed E-state index contributed by atoms with van der Waals surface area (Å²) < 4.78 is 5.16. The number of hydrogen-bond acceptors (Lipinski definition) is 4. The van der Waals surface area contributed by atoms with Crippen LogP contribution in [0.3, 0.4) is 0 Å². The Kier molecular flexibility index (Phi) is 5.76. The van der Waals surface area contributed by atoms with E-state index >= 15 is 0 Å². The Bertz CT molecular complexity index is 435. The van der Waals surface area contributed by atoms with Gasteiger partial charge in [0.1, 0.15) is 5.82 Å². The van der Waals surface area contributed by atoms with E-state index in [0.29, 0.717) is 18.8 Å². The zero-order valence-corrected chi connectivity index (χ0v) is 12.0. The molecule has 0 amide bonds. The number of carbonyl (C=O) groups is 1. The number of aromatic carboxylic acids is 1. The zero-order chi connectivity index (χ0) is 14.4. The van der Waals surface area contributed by atoms with Crippen LogP contribution in [0.2, 0.25) is 0 Å². The summed E-state index contributed by atoms with van der Waals surface area (Å²) in [6, 6.07) is 3.40. The van der Waals surface area contributed by atoms with Gasteiger partial charge in [-0.1, -0.05) is 6.92 Å². The van der Waals surface area contributed by atoms with Gasteiger partial charge in [0, 0.05) is 19.3 Å². The van der Waals surface area contributed by atoms with Gasteiger partial charge in [0.25, 0.3) is 0 Å². The molecule has 0 aliphatic heterocycles. The normalized spacial score (nSPS) is 12.2. The third-order valence-corrected chi connectivity index (χ3v) is 3.05. The summed E-state index contributed by atoms with van der Waals surface area (Å²) in [7, 11) is 1.66. The molecule has 0 aromatic carbocycles. The predicted octanol–water partition coefficient (Wildman–Crippen LogP) is 2.20. The van der Waals surface area contributed by atoms with Gasteiger partial charge in [-0.05, 0) is 32.4 Å². The number of carboxylic acid groups (broad SMARTS) is 1. The van der Waals surface area contributed by atoms with E-state index in [0.717, 1.165) is 12.2 Å². The van der Waals surface area contributed by atoms with Crippen LogP contribution in [0.1, 0.15) is 36.8 Å². The summed E-state index contributed by atoms with van der Waals surface area (Å²) in [5.74, 6) is -0.224. The minimum atomic E-state index is -0.922. The number of aryl methyl sites for hydroxylation is 1. The Hall–Kier alpha value is -1.62. The molecule has 1 aromatic heterocycles. The third kappa shape index (κ3) is 3.92. The van der Waals surface area contributed by atoms with Crippen LogP contribution < -0.4 is 4.90 Å². The van der Waals surface area contributed by atoms with Gasteiger partial charge in [0.2, 0.25) is 0 Å². The van der Waals surface area contributed by atoms with Crippen molar-refractivity contribution in [1.82, 2.24) is 4.98 Å². The lowest BCUT2D eigenvalue weighted by molar-refractivity contribution is 0.0696. The Morgan fingerprint density at radius 1 is 1.47 bits per heavy atom. The van der Waals surface area contributed by atoms with Crippen molar-refractivity contribution in [1.29, 1.82) is 0 Å². The molecule has 5 heteroatoms. The van der Waals surface area contributed by atoms with E-state index in [-0.39, 0.29) is 11.6 Å². The molecule has 0 saturated carbocycles. The van der Waals surface area contributed by atoms with E-state index < -0.39 is 5.97 Å². The lowest BCUT2D eigenvalue weighted by Gasteiger charge is -2.29. The Morgan fingerprint density at radius 2 is 2.16 bits per heavy atom. The fourth-order valence-corrected chi connectivity index (χ4v) is 2.05. The second kappa shape index (κ2) is 7.09. The fourth-order valence-electron chi connectivity index (χ4n) is 2.05. The second-order valence-corrected chi connectivity index (χ2v) is 4.45. The number of methoxy groups -OCH3 is 1. The monoisotopic (exact) mass is 266 g/mol. The van der Waals surface area contributed by atoms with Gasteiger partial charge < -0.3 is 14.7 Å². The fraction of sp³-hybridized carbons (Fsp3) is 0.571. The average Bonchev–Trinajstić information content (AvgIpc) is 2.39. The minimum Gasteiger partial charge on any atom is -0.478 e. The smallest absolute Gasteiger partial charge is 0.335 e. The van der Waals surface area contributed by atoms with Crippen molar-refractivity contribution in [2.24, 2.45) is 0 Å². The summed E-state index contributed by atoms with van der Waals surface area (Å²) in [6.07, 6.45) is 0.713. The second-order valence-electron chi connectivity index (χ2n) is 4.45. The highest BCUT2D eigenvalue weighted by Gasteiger charge is 2.17. The first-order chi connectivity index (χ1) is 9.03. The molecule has 1 rings (SSSR count). The molecule has 0 saturated heterocycles. The molecule has 0 bridgehead atoms. The highest BCUT2D eigenvalue weighted by atomic mass is 16.5. The Balaban J connectivity index is 3.15. The van der Waals surface area contributed by atoms with Crippen LogP contribution in [0.5, 0.6) is 0 Å². The van der Waals surface area contributed by atoms with Gasteiger partial charge in [0.15, 0.2) is 0 Å². The number of carboxylic acids is 1. The molecule has 0 aliphatic carbocycles. The SMILES string of the molecule is CCc1cc(C(=O)O)cc(N(CC)C(C)COC)n1. The molecule has 1 heterocycles. The highest BCUT2D eigenvalue weighted by molar-refractivity contribution is 5.88. The maximum Gasteiger partial charge on any atom is 0.335 e. The molecule has 1 unspecified atom stereocenters. The molecule has 1 aromatic rings. The number of anilines is 1. The van der Waals surface area contributed by atoms with Crippen LogP contribution in [0.15, 0.2) is 12.1 Å². The van der Waals surface area contributed by atoms with Crippen LogP contribution in [-0.2, 0) is 11.2 Å². The van der Waals surface area contributed by atoms with E-state index in [4.69, 9.17) is 9.84 Å². The van der Waals surface area contributed by atoms with Crippen molar-refractivity contribution in [3.05, 3.63) is 23.4 Å². The summed E-state index contributed by atoms with van der Waals surface area (Å²) in [6.45, 7) is 7.35. The summed E-state index contributed by atoms with van der Waals surface area (Å²) >= 11 is 0. The Labute approximate surface area is 114 Å². The van der Waals surface area contributed by atoms with Gasteiger partial charge >= 0.3 is 5.97 Å².